The lowest BCUT2D eigenvalue weighted by Gasteiger charge is -2.14. The van der Waals surface area contributed by atoms with Crippen LogP contribution in [0.4, 0.5) is 5.69 Å². The van der Waals surface area contributed by atoms with Crippen LogP contribution in [-0.4, -0.2) is 15.5 Å². The van der Waals surface area contributed by atoms with Crippen LogP contribution in [0.2, 0.25) is 10.0 Å². The highest BCUT2D eigenvalue weighted by molar-refractivity contribution is 6.41. The normalized spacial score (nSPS) is 11.0. The number of halogens is 2. The summed E-state index contributed by atoms with van der Waals surface area (Å²) in [7, 11) is 1.68. The lowest BCUT2D eigenvalue weighted by molar-refractivity contribution is 0.102. The Morgan fingerprint density at radius 1 is 1.10 bits per heavy atom. The van der Waals surface area contributed by atoms with Crippen LogP contribution in [0.1, 0.15) is 22.8 Å². The first kappa shape index (κ1) is 21.1. The number of nitrogens with one attached hydrogen (secondary N) is 1. The fourth-order valence-corrected chi connectivity index (χ4v) is 4.11. The van der Waals surface area contributed by atoms with E-state index in [1.165, 1.54) is 4.57 Å². The number of aromatic nitrogens is 2. The first-order valence-electron chi connectivity index (χ1n) is 9.73. The number of hydrogen-bond donors (Lipinski definition) is 1. The van der Waals surface area contributed by atoms with E-state index in [9.17, 15) is 9.59 Å². The summed E-state index contributed by atoms with van der Waals surface area (Å²) < 4.78 is 1.53. The molecule has 0 atom stereocenters. The number of anilines is 1. The van der Waals surface area contributed by atoms with Crippen molar-refractivity contribution in [3.8, 4) is 11.1 Å². The van der Waals surface area contributed by atoms with Gasteiger partial charge in [-0.2, -0.15) is 0 Å². The van der Waals surface area contributed by atoms with E-state index in [1.54, 1.807) is 55.8 Å². The van der Waals surface area contributed by atoms with E-state index in [2.05, 4.69) is 17.2 Å². The molecule has 0 unspecified atom stereocenters. The summed E-state index contributed by atoms with van der Waals surface area (Å²) in [5.41, 5.74) is 3.23. The van der Waals surface area contributed by atoms with Gasteiger partial charge in [0.05, 0.1) is 26.8 Å². The van der Waals surface area contributed by atoms with E-state index in [-0.39, 0.29) is 16.5 Å². The zero-order valence-electron chi connectivity index (χ0n) is 16.9. The Morgan fingerprint density at radius 2 is 1.84 bits per heavy atom. The summed E-state index contributed by atoms with van der Waals surface area (Å²) in [6.45, 7) is 2.05. The molecule has 0 spiro atoms. The zero-order valence-corrected chi connectivity index (χ0v) is 18.5. The van der Waals surface area contributed by atoms with Crippen molar-refractivity contribution in [1.82, 2.24) is 9.55 Å². The van der Waals surface area contributed by atoms with Gasteiger partial charge < -0.3 is 9.88 Å². The molecule has 0 saturated carbocycles. The molecule has 156 valence electrons. The van der Waals surface area contributed by atoms with Gasteiger partial charge >= 0.3 is 0 Å². The van der Waals surface area contributed by atoms with E-state index in [4.69, 9.17) is 23.2 Å². The number of nitrogens with zero attached hydrogens (tertiary/aromatic N) is 2. The molecule has 0 aliphatic heterocycles. The first-order chi connectivity index (χ1) is 14.9. The molecule has 2 aromatic heterocycles. The Balaban J connectivity index is 1.78. The Kier molecular flexibility index (Phi) is 5.81. The van der Waals surface area contributed by atoms with Gasteiger partial charge in [0.15, 0.2) is 0 Å². The van der Waals surface area contributed by atoms with E-state index < -0.39 is 0 Å². The van der Waals surface area contributed by atoms with E-state index in [0.717, 1.165) is 22.9 Å². The fourth-order valence-electron chi connectivity index (χ4n) is 3.48. The summed E-state index contributed by atoms with van der Waals surface area (Å²) in [4.78, 5) is 29.9. The van der Waals surface area contributed by atoms with Gasteiger partial charge in [-0.25, -0.2) is 0 Å². The molecular formula is C24H19Cl2N3O2. The molecule has 0 bridgehead atoms. The van der Waals surface area contributed by atoms with E-state index in [1.807, 2.05) is 12.1 Å². The molecule has 0 aliphatic carbocycles. The molecule has 2 heterocycles. The van der Waals surface area contributed by atoms with Crippen LogP contribution in [0.3, 0.4) is 0 Å². The SMILES string of the molecule is CCc1ccc(C(=O)Nc2ccc(Cl)c(-c3cc4cnccc4n(C)c3=O)c2Cl)cc1. The standard InChI is InChI=1S/C24H19Cl2N3O2/c1-3-14-4-6-15(7-5-14)23(30)28-19-9-8-18(25)21(22(19)26)17-12-16-13-27-11-10-20(16)29(2)24(17)31/h4-13H,3H2,1-2H3,(H,28,30). The van der Waals surface area contributed by atoms with Gasteiger partial charge in [0.2, 0.25) is 0 Å². The minimum atomic E-state index is -0.298. The lowest BCUT2D eigenvalue weighted by Crippen LogP contribution is -2.19. The maximum atomic E-state index is 13.0. The van der Waals surface area contributed by atoms with Crippen molar-refractivity contribution in [2.45, 2.75) is 13.3 Å². The number of rotatable bonds is 4. The molecule has 5 nitrogen and oxygen atoms in total. The summed E-state index contributed by atoms with van der Waals surface area (Å²) in [5, 5.41) is 4.11. The number of amides is 1. The predicted molar refractivity (Wildman–Crippen MR) is 126 cm³/mol. The average molecular weight is 452 g/mol. The number of carbonyl (C=O) groups excluding carboxylic acids is 1. The van der Waals surface area contributed by atoms with Gasteiger partial charge in [-0.3, -0.25) is 14.6 Å². The van der Waals surface area contributed by atoms with Gasteiger partial charge in [-0.05, 0) is 48.4 Å². The van der Waals surface area contributed by atoms with Crippen molar-refractivity contribution < 1.29 is 4.79 Å². The molecule has 0 radical (unpaired) electrons. The fraction of sp³-hybridized carbons (Fsp3) is 0.125. The molecule has 2 aromatic carbocycles. The van der Waals surface area contributed by atoms with Crippen molar-refractivity contribution >= 4 is 45.7 Å². The number of fused-ring (bicyclic) bond motifs is 1. The number of aryl methyl sites for hydroxylation is 2. The maximum Gasteiger partial charge on any atom is 0.258 e. The maximum absolute atomic E-state index is 13.0. The highest BCUT2D eigenvalue weighted by Gasteiger charge is 2.19. The third-order valence-electron chi connectivity index (χ3n) is 5.26. The van der Waals surface area contributed by atoms with Crippen LogP contribution in [0.15, 0.2) is 65.7 Å². The summed E-state index contributed by atoms with van der Waals surface area (Å²) in [6, 6.07) is 14.1. The smallest absolute Gasteiger partial charge is 0.258 e. The van der Waals surface area contributed by atoms with Crippen molar-refractivity contribution in [2.24, 2.45) is 7.05 Å². The van der Waals surface area contributed by atoms with Crippen LogP contribution >= 0.6 is 23.2 Å². The molecule has 4 aromatic rings. The van der Waals surface area contributed by atoms with Gasteiger partial charge in [-0.1, -0.05) is 42.3 Å². The van der Waals surface area contributed by atoms with Gasteiger partial charge in [0.1, 0.15) is 0 Å². The van der Waals surface area contributed by atoms with Crippen LogP contribution in [0.25, 0.3) is 22.0 Å². The van der Waals surface area contributed by atoms with Gasteiger partial charge in [-0.15, -0.1) is 0 Å². The predicted octanol–water partition coefficient (Wildman–Crippen LogP) is 5.72. The number of pyridine rings is 2. The van der Waals surface area contributed by atoms with Gasteiger partial charge in [0, 0.05) is 36.0 Å². The molecule has 4 rings (SSSR count). The third kappa shape index (κ3) is 3.94. The minimum Gasteiger partial charge on any atom is -0.321 e. The highest BCUT2D eigenvalue weighted by atomic mass is 35.5. The quantitative estimate of drug-likeness (QED) is 0.431. The van der Waals surface area contributed by atoms with Crippen LogP contribution in [0, 0.1) is 0 Å². The second-order valence-electron chi connectivity index (χ2n) is 7.15. The van der Waals surface area contributed by atoms with Crippen molar-refractivity contribution in [2.75, 3.05) is 5.32 Å². The van der Waals surface area contributed by atoms with Crippen molar-refractivity contribution in [3.63, 3.8) is 0 Å². The summed E-state index contributed by atoms with van der Waals surface area (Å²) in [5.74, 6) is -0.298. The molecule has 0 fully saturated rings. The topological polar surface area (TPSA) is 64.0 Å². The largest absolute Gasteiger partial charge is 0.321 e. The number of carbonyl (C=O) groups is 1. The molecule has 0 saturated heterocycles. The molecule has 7 heteroatoms. The second kappa shape index (κ2) is 8.53. The summed E-state index contributed by atoms with van der Waals surface area (Å²) >= 11 is 13.1. The number of benzene rings is 2. The van der Waals surface area contributed by atoms with Crippen LogP contribution in [-0.2, 0) is 13.5 Å². The molecule has 1 N–H and O–H groups in total. The molecule has 31 heavy (non-hydrogen) atoms. The van der Waals surface area contributed by atoms with Gasteiger partial charge in [0.25, 0.3) is 11.5 Å². The molecule has 0 aliphatic rings. The molecule has 1 amide bonds. The first-order valence-corrected chi connectivity index (χ1v) is 10.5. The van der Waals surface area contributed by atoms with E-state index >= 15 is 0 Å². The Morgan fingerprint density at radius 3 is 2.55 bits per heavy atom. The highest BCUT2D eigenvalue weighted by Crippen LogP contribution is 2.39. The third-order valence-corrected chi connectivity index (χ3v) is 5.96. The van der Waals surface area contributed by atoms with Crippen LogP contribution < -0.4 is 10.9 Å². The average Bonchev–Trinajstić information content (AvgIpc) is 2.79. The zero-order chi connectivity index (χ0) is 22.1. The monoisotopic (exact) mass is 451 g/mol. The lowest BCUT2D eigenvalue weighted by atomic mass is 10.0. The van der Waals surface area contributed by atoms with Crippen molar-refractivity contribution in [3.05, 3.63) is 92.5 Å². The van der Waals surface area contributed by atoms with Crippen molar-refractivity contribution in [1.29, 1.82) is 0 Å². The second-order valence-corrected chi connectivity index (χ2v) is 7.93. The van der Waals surface area contributed by atoms with E-state index in [0.29, 0.717) is 27.4 Å². The summed E-state index contributed by atoms with van der Waals surface area (Å²) in [6.07, 6.45) is 4.20. The minimum absolute atomic E-state index is 0.200. The van der Waals surface area contributed by atoms with Crippen LogP contribution in [0.5, 0.6) is 0 Å². The Labute approximate surface area is 189 Å². The number of hydrogen-bond acceptors (Lipinski definition) is 3. The Bertz CT molecular complexity index is 1360. The Hall–Kier alpha value is -3.15. The molecular weight excluding hydrogens is 433 g/mol.